The Bertz CT molecular complexity index is 1020. The van der Waals surface area contributed by atoms with Gasteiger partial charge in [0.25, 0.3) is 11.5 Å². The number of nitrogens with one attached hydrogen (secondary N) is 1. The fourth-order valence-corrected chi connectivity index (χ4v) is 2.58. The van der Waals surface area contributed by atoms with Crippen LogP contribution in [0.2, 0.25) is 0 Å². The Morgan fingerprint density at radius 2 is 1.81 bits per heavy atom. The standard InChI is InChI=1S/C20H17F2N3O2/c1-13(15-7-8-16(21)17(22)11-15)23-20(27)18-9-10-19(26)25(24-18)12-14-5-3-2-4-6-14/h2-11,13H,12H2,1H3,(H,23,27). The van der Waals surface area contributed by atoms with Gasteiger partial charge in [-0.2, -0.15) is 5.10 Å². The predicted molar refractivity (Wildman–Crippen MR) is 96.3 cm³/mol. The summed E-state index contributed by atoms with van der Waals surface area (Å²) in [5.74, 6) is -2.45. The lowest BCUT2D eigenvalue weighted by atomic mass is 10.1. The maximum Gasteiger partial charge on any atom is 0.272 e. The van der Waals surface area contributed by atoms with Crippen molar-refractivity contribution in [2.24, 2.45) is 0 Å². The molecule has 138 valence electrons. The summed E-state index contributed by atoms with van der Waals surface area (Å²) in [5.41, 5.74) is 1.02. The van der Waals surface area contributed by atoms with Gasteiger partial charge in [0.1, 0.15) is 5.69 Å². The maximum atomic E-state index is 13.4. The van der Waals surface area contributed by atoms with E-state index in [1.165, 1.54) is 22.9 Å². The minimum absolute atomic E-state index is 0.0555. The molecule has 0 aliphatic carbocycles. The van der Waals surface area contributed by atoms with Crippen LogP contribution in [0.15, 0.2) is 65.5 Å². The van der Waals surface area contributed by atoms with Gasteiger partial charge < -0.3 is 5.32 Å². The van der Waals surface area contributed by atoms with E-state index in [1.807, 2.05) is 30.3 Å². The second-order valence-electron chi connectivity index (χ2n) is 6.07. The van der Waals surface area contributed by atoms with E-state index in [0.717, 1.165) is 17.7 Å². The monoisotopic (exact) mass is 369 g/mol. The Balaban J connectivity index is 1.77. The summed E-state index contributed by atoms with van der Waals surface area (Å²) < 4.78 is 27.6. The third-order valence-corrected chi connectivity index (χ3v) is 4.07. The third kappa shape index (κ3) is 4.44. The van der Waals surface area contributed by atoms with E-state index in [-0.39, 0.29) is 17.8 Å². The van der Waals surface area contributed by atoms with Crippen molar-refractivity contribution in [2.75, 3.05) is 0 Å². The zero-order valence-electron chi connectivity index (χ0n) is 14.5. The van der Waals surface area contributed by atoms with Crippen LogP contribution in [-0.4, -0.2) is 15.7 Å². The Morgan fingerprint density at radius 1 is 1.07 bits per heavy atom. The van der Waals surface area contributed by atoms with E-state index >= 15 is 0 Å². The van der Waals surface area contributed by atoms with E-state index in [1.54, 1.807) is 6.92 Å². The summed E-state index contributed by atoms with van der Waals surface area (Å²) in [6.07, 6.45) is 0. The summed E-state index contributed by atoms with van der Waals surface area (Å²) in [6, 6.07) is 14.7. The van der Waals surface area contributed by atoms with Crippen LogP contribution in [-0.2, 0) is 6.54 Å². The number of rotatable bonds is 5. The summed E-state index contributed by atoms with van der Waals surface area (Å²) >= 11 is 0. The van der Waals surface area contributed by atoms with Gasteiger partial charge in [-0.1, -0.05) is 36.4 Å². The summed E-state index contributed by atoms with van der Waals surface area (Å²) in [6.45, 7) is 1.88. The number of amides is 1. The molecule has 1 amide bonds. The molecule has 0 aliphatic heterocycles. The van der Waals surface area contributed by atoms with Crippen molar-refractivity contribution in [3.8, 4) is 0 Å². The molecule has 0 aliphatic rings. The van der Waals surface area contributed by atoms with E-state index in [4.69, 9.17) is 0 Å². The Morgan fingerprint density at radius 3 is 2.52 bits per heavy atom. The van der Waals surface area contributed by atoms with Crippen LogP contribution in [0.1, 0.15) is 34.6 Å². The fourth-order valence-electron chi connectivity index (χ4n) is 2.58. The van der Waals surface area contributed by atoms with Crippen molar-refractivity contribution >= 4 is 5.91 Å². The molecule has 0 fully saturated rings. The molecular formula is C20H17F2N3O2. The molecule has 2 aromatic carbocycles. The Labute approximate surface area is 154 Å². The molecule has 5 nitrogen and oxygen atoms in total. The van der Waals surface area contributed by atoms with Gasteiger partial charge in [-0.05, 0) is 36.2 Å². The van der Waals surface area contributed by atoms with Gasteiger partial charge >= 0.3 is 0 Å². The van der Waals surface area contributed by atoms with Gasteiger partial charge in [-0.15, -0.1) is 0 Å². The van der Waals surface area contributed by atoms with Gasteiger partial charge in [0.2, 0.25) is 0 Å². The molecular weight excluding hydrogens is 352 g/mol. The van der Waals surface area contributed by atoms with Crippen LogP contribution in [0.4, 0.5) is 8.78 Å². The fraction of sp³-hybridized carbons (Fsp3) is 0.150. The highest BCUT2D eigenvalue weighted by molar-refractivity contribution is 5.92. The molecule has 0 radical (unpaired) electrons. The number of carbonyl (C=O) groups is 1. The van der Waals surface area contributed by atoms with E-state index in [9.17, 15) is 18.4 Å². The summed E-state index contributed by atoms with van der Waals surface area (Å²) in [5, 5.41) is 6.77. The second-order valence-corrected chi connectivity index (χ2v) is 6.07. The molecule has 0 saturated carbocycles. The number of benzene rings is 2. The zero-order chi connectivity index (χ0) is 19.4. The lowest BCUT2D eigenvalue weighted by Gasteiger charge is -2.15. The normalized spacial score (nSPS) is 11.8. The molecule has 1 N–H and O–H groups in total. The first-order valence-electron chi connectivity index (χ1n) is 8.32. The molecule has 1 aromatic heterocycles. The molecule has 1 heterocycles. The molecule has 0 saturated heterocycles. The first-order valence-corrected chi connectivity index (χ1v) is 8.32. The first-order chi connectivity index (χ1) is 12.9. The first kappa shape index (κ1) is 18.4. The van der Waals surface area contributed by atoms with E-state index < -0.39 is 23.6 Å². The van der Waals surface area contributed by atoms with Crippen LogP contribution < -0.4 is 10.9 Å². The molecule has 3 rings (SSSR count). The molecule has 1 unspecified atom stereocenters. The van der Waals surface area contributed by atoms with Crippen molar-refractivity contribution in [3.05, 3.63) is 99.5 Å². The number of hydrogen-bond acceptors (Lipinski definition) is 3. The van der Waals surface area contributed by atoms with Gasteiger partial charge in [0.05, 0.1) is 12.6 Å². The molecule has 3 aromatic rings. The van der Waals surface area contributed by atoms with Crippen LogP contribution in [0, 0.1) is 11.6 Å². The molecule has 1 atom stereocenters. The number of nitrogens with zero attached hydrogens (tertiary/aromatic N) is 2. The van der Waals surface area contributed by atoms with Crippen LogP contribution in [0.25, 0.3) is 0 Å². The van der Waals surface area contributed by atoms with Crippen molar-refractivity contribution in [1.29, 1.82) is 0 Å². The number of aromatic nitrogens is 2. The van der Waals surface area contributed by atoms with Gasteiger partial charge in [-0.25, -0.2) is 13.5 Å². The van der Waals surface area contributed by atoms with Gasteiger partial charge in [0, 0.05) is 6.07 Å². The Kier molecular flexibility index (Phi) is 5.40. The molecule has 0 spiro atoms. The molecule has 0 bridgehead atoms. The highest BCUT2D eigenvalue weighted by Gasteiger charge is 2.15. The lowest BCUT2D eigenvalue weighted by molar-refractivity contribution is 0.0932. The quantitative estimate of drug-likeness (QED) is 0.752. The van der Waals surface area contributed by atoms with Crippen molar-refractivity contribution in [1.82, 2.24) is 15.1 Å². The second kappa shape index (κ2) is 7.90. The number of carbonyl (C=O) groups excluding carboxylic acids is 1. The molecule has 7 heteroatoms. The number of halogens is 2. The average molecular weight is 369 g/mol. The van der Waals surface area contributed by atoms with E-state index in [0.29, 0.717) is 5.56 Å². The average Bonchev–Trinajstić information content (AvgIpc) is 2.66. The van der Waals surface area contributed by atoms with Gasteiger partial charge in [-0.3, -0.25) is 9.59 Å². The maximum absolute atomic E-state index is 13.4. The van der Waals surface area contributed by atoms with Crippen LogP contribution in [0.3, 0.4) is 0 Å². The van der Waals surface area contributed by atoms with Gasteiger partial charge in [0.15, 0.2) is 11.6 Å². The van der Waals surface area contributed by atoms with E-state index in [2.05, 4.69) is 10.4 Å². The predicted octanol–water partition coefficient (Wildman–Crippen LogP) is 3.06. The SMILES string of the molecule is CC(NC(=O)c1ccc(=O)n(Cc2ccccc2)n1)c1ccc(F)c(F)c1. The minimum atomic E-state index is -0.983. The summed E-state index contributed by atoms with van der Waals surface area (Å²) in [4.78, 5) is 24.4. The highest BCUT2D eigenvalue weighted by Crippen LogP contribution is 2.16. The zero-order valence-corrected chi connectivity index (χ0v) is 14.5. The smallest absolute Gasteiger partial charge is 0.272 e. The number of hydrogen-bond donors (Lipinski definition) is 1. The third-order valence-electron chi connectivity index (χ3n) is 4.07. The lowest BCUT2D eigenvalue weighted by Crippen LogP contribution is -2.31. The topological polar surface area (TPSA) is 64.0 Å². The highest BCUT2D eigenvalue weighted by atomic mass is 19.2. The Hall–Kier alpha value is -3.35. The minimum Gasteiger partial charge on any atom is -0.344 e. The van der Waals surface area contributed by atoms with Crippen molar-refractivity contribution in [2.45, 2.75) is 19.5 Å². The van der Waals surface area contributed by atoms with Crippen LogP contribution >= 0.6 is 0 Å². The van der Waals surface area contributed by atoms with Crippen molar-refractivity contribution < 1.29 is 13.6 Å². The summed E-state index contributed by atoms with van der Waals surface area (Å²) in [7, 11) is 0. The van der Waals surface area contributed by atoms with Crippen molar-refractivity contribution in [3.63, 3.8) is 0 Å². The molecule has 27 heavy (non-hydrogen) atoms. The van der Waals surface area contributed by atoms with Crippen LogP contribution in [0.5, 0.6) is 0 Å². The largest absolute Gasteiger partial charge is 0.344 e.